The molecule has 0 spiro atoms. The average molecular weight is 261 g/mol. The molecule has 2 atom stereocenters. The van der Waals surface area contributed by atoms with Crippen LogP contribution in [0.25, 0.3) is 0 Å². The Bertz CT molecular complexity index is 369. The van der Waals surface area contributed by atoms with Crippen LogP contribution in [0.15, 0.2) is 35.3 Å². The third-order valence-electron chi connectivity index (χ3n) is 3.57. The molecule has 0 bridgehead atoms. The van der Waals surface area contributed by atoms with Crippen LogP contribution in [-0.4, -0.2) is 17.8 Å². The van der Waals surface area contributed by atoms with Crippen LogP contribution in [0, 0.1) is 5.92 Å². The number of hydrogen-bond acceptors (Lipinski definition) is 1. The van der Waals surface area contributed by atoms with Crippen molar-refractivity contribution >= 4 is 19.1 Å². The first-order valence-electron chi connectivity index (χ1n) is 7.23. The quantitative estimate of drug-likeness (QED) is 0.627. The van der Waals surface area contributed by atoms with Crippen LogP contribution in [0.5, 0.6) is 0 Å². The van der Waals surface area contributed by atoms with E-state index in [1.807, 2.05) is 0 Å². The molecule has 98 valence electrons. The lowest BCUT2D eigenvalue weighted by Gasteiger charge is -2.15. The summed E-state index contributed by atoms with van der Waals surface area (Å²) < 4.78 is 0. The molecule has 1 aliphatic rings. The molecular formula is C16H24NP. The van der Waals surface area contributed by atoms with Gasteiger partial charge in [0, 0.05) is 11.4 Å². The lowest BCUT2D eigenvalue weighted by molar-refractivity contribution is 0.615. The Hall–Kier alpha value is -0.680. The van der Waals surface area contributed by atoms with E-state index in [0.29, 0.717) is 0 Å². The molecule has 0 N–H and O–H groups in total. The van der Waals surface area contributed by atoms with E-state index in [9.17, 15) is 0 Å². The van der Waals surface area contributed by atoms with Crippen molar-refractivity contribution in [3.63, 3.8) is 0 Å². The number of para-hydroxylation sites is 1. The summed E-state index contributed by atoms with van der Waals surface area (Å²) in [6.07, 6.45) is 8.09. The number of benzene rings is 1. The molecule has 0 saturated carbocycles. The summed E-state index contributed by atoms with van der Waals surface area (Å²) in [5.41, 5.74) is 2.71. The third kappa shape index (κ3) is 3.42. The highest BCUT2D eigenvalue weighted by atomic mass is 31.1. The molecule has 2 heteroatoms. The molecule has 0 aromatic heterocycles. The molecule has 2 rings (SSSR count). The van der Waals surface area contributed by atoms with Gasteiger partial charge in [0.25, 0.3) is 0 Å². The predicted molar refractivity (Wildman–Crippen MR) is 83.5 cm³/mol. The monoisotopic (exact) mass is 261 g/mol. The fourth-order valence-corrected chi connectivity index (χ4v) is 5.60. The smallest absolute Gasteiger partial charge is 0.0633 e. The van der Waals surface area contributed by atoms with Crippen LogP contribution in [0.4, 0.5) is 5.69 Å². The molecule has 1 aromatic carbocycles. The van der Waals surface area contributed by atoms with E-state index in [1.165, 1.54) is 38.0 Å². The highest BCUT2D eigenvalue weighted by Crippen LogP contribution is 2.51. The second-order valence-corrected chi connectivity index (χ2v) is 7.50. The Morgan fingerprint density at radius 2 is 1.94 bits per heavy atom. The molecular weight excluding hydrogens is 237 g/mol. The van der Waals surface area contributed by atoms with Crippen molar-refractivity contribution in [1.82, 2.24) is 0 Å². The Balaban J connectivity index is 2.20. The number of aliphatic imine (C=N–C) groups is 1. The van der Waals surface area contributed by atoms with E-state index < -0.39 is 0 Å². The summed E-state index contributed by atoms with van der Waals surface area (Å²) in [6.45, 7) is 4.59. The summed E-state index contributed by atoms with van der Waals surface area (Å²) in [6, 6.07) is 10.5. The fraction of sp³-hybridized carbons (Fsp3) is 0.562. The normalized spacial score (nSPS) is 25.8. The van der Waals surface area contributed by atoms with E-state index in [0.717, 1.165) is 11.6 Å². The van der Waals surface area contributed by atoms with Gasteiger partial charge in [-0.05, 0) is 37.3 Å². The molecule has 1 nitrogen and oxygen atoms in total. The summed E-state index contributed by atoms with van der Waals surface area (Å²) in [5, 5.41) is 0. The zero-order valence-electron chi connectivity index (χ0n) is 11.6. The Morgan fingerprint density at radius 1 is 1.17 bits per heavy atom. The van der Waals surface area contributed by atoms with Crippen LogP contribution < -0.4 is 0 Å². The maximum atomic E-state index is 5.00. The lowest BCUT2D eigenvalue weighted by Crippen LogP contribution is -2.06. The van der Waals surface area contributed by atoms with Crippen molar-refractivity contribution in [1.29, 1.82) is 0 Å². The molecule has 1 aliphatic heterocycles. The van der Waals surface area contributed by atoms with Gasteiger partial charge in [0.1, 0.15) is 0 Å². The molecule has 1 fully saturated rings. The van der Waals surface area contributed by atoms with Crippen molar-refractivity contribution in [2.45, 2.75) is 39.5 Å². The van der Waals surface area contributed by atoms with Gasteiger partial charge in [0.2, 0.25) is 0 Å². The summed E-state index contributed by atoms with van der Waals surface area (Å²) in [7, 11) is 0.0668. The summed E-state index contributed by atoms with van der Waals surface area (Å²) in [4.78, 5) is 5.00. The zero-order chi connectivity index (χ0) is 12.8. The second kappa shape index (κ2) is 7.04. The van der Waals surface area contributed by atoms with Crippen molar-refractivity contribution in [2.75, 3.05) is 12.3 Å². The first kappa shape index (κ1) is 13.7. The van der Waals surface area contributed by atoms with Gasteiger partial charge in [-0.15, -0.1) is 0 Å². The van der Waals surface area contributed by atoms with Gasteiger partial charge in [-0.2, -0.15) is 0 Å². The molecule has 1 heterocycles. The van der Waals surface area contributed by atoms with Crippen molar-refractivity contribution in [3.05, 3.63) is 30.3 Å². The minimum absolute atomic E-state index is 0.0668. The molecule has 0 radical (unpaired) electrons. The third-order valence-corrected chi connectivity index (χ3v) is 6.47. The molecule has 1 saturated heterocycles. The highest BCUT2D eigenvalue weighted by Gasteiger charge is 2.30. The molecule has 0 aliphatic carbocycles. The molecule has 18 heavy (non-hydrogen) atoms. The van der Waals surface area contributed by atoms with E-state index in [4.69, 9.17) is 4.99 Å². The standard InChI is InChI=1S/C16H24NP/c1-3-8-14-11-13-18(12-4-2)16(14)17-15-9-6-5-7-10-15/h5-7,9-10,14H,3-4,8,11-13H2,1-2H3. The molecule has 1 aromatic rings. The first-order valence-corrected chi connectivity index (χ1v) is 8.95. The zero-order valence-corrected chi connectivity index (χ0v) is 12.5. The van der Waals surface area contributed by atoms with Gasteiger partial charge in [-0.1, -0.05) is 52.8 Å². The van der Waals surface area contributed by atoms with Gasteiger partial charge >= 0.3 is 0 Å². The number of rotatable bonds is 5. The van der Waals surface area contributed by atoms with E-state index in [-0.39, 0.29) is 7.92 Å². The average Bonchev–Trinajstić information content (AvgIpc) is 2.75. The van der Waals surface area contributed by atoms with Crippen molar-refractivity contribution in [2.24, 2.45) is 10.9 Å². The Morgan fingerprint density at radius 3 is 2.61 bits per heavy atom. The van der Waals surface area contributed by atoms with Gasteiger partial charge in [-0.25, -0.2) is 0 Å². The lowest BCUT2D eigenvalue weighted by atomic mass is 10.0. The van der Waals surface area contributed by atoms with Crippen molar-refractivity contribution in [3.8, 4) is 0 Å². The minimum Gasteiger partial charge on any atom is -0.253 e. The first-order chi connectivity index (χ1) is 8.85. The summed E-state index contributed by atoms with van der Waals surface area (Å²) >= 11 is 0. The molecule has 0 amide bonds. The second-order valence-electron chi connectivity index (χ2n) is 5.07. The van der Waals surface area contributed by atoms with E-state index >= 15 is 0 Å². The minimum atomic E-state index is 0.0668. The van der Waals surface area contributed by atoms with Gasteiger partial charge in [0.15, 0.2) is 0 Å². The topological polar surface area (TPSA) is 12.4 Å². The van der Waals surface area contributed by atoms with Gasteiger partial charge in [-0.3, -0.25) is 4.99 Å². The number of nitrogens with zero attached hydrogens (tertiary/aromatic N) is 1. The highest BCUT2D eigenvalue weighted by molar-refractivity contribution is 7.75. The van der Waals surface area contributed by atoms with Crippen molar-refractivity contribution < 1.29 is 0 Å². The van der Waals surface area contributed by atoms with Gasteiger partial charge < -0.3 is 0 Å². The van der Waals surface area contributed by atoms with Gasteiger partial charge in [0.05, 0.1) is 5.69 Å². The fourth-order valence-electron chi connectivity index (χ4n) is 2.73. The Kier molecular flexibility index (Phi) is 5.38. The van der Waals surface area contributed by atoms with Crippen LogP contribution >= 0.6 is 7.92 Å². The van der Waals surface area contributed by atoms with E-state index in [1.54, 1.807) is 5.45 Å². The maximum Gasteiger partial charge on any atom is 0.0633 e. The van der Waals surface area contributed by atoms with Crippen LogP contribution in [-0.2, 0) is 0 Å². The predicted octanol–water partition coefficient (Wildman–Crippen LogP) is 5.43. The summed E-state index contributed by atoms with van der Waals surface area (Å²) in [5.74, 6) is 0.771. The van der Waals surface area contributed by atoms with Crippen LogP contribution in [0.1, 0.15) is 39.5 Å². The van der Waals surface area contributed by atoms with Crippen LogP contribution in [0.2, 0.25) is 0 Å². The Labute approximate surface area is 112 Å². The maximum absolute atomic E-state index is 5.00. The largest absolute Gasteiger partial charge is 0.253 e. The SMILES string of the molecule is CCCC1CCP(CCC)C1=Nc1ccccc1. The van der Waals surface area contributed by atoms with E-state index in [2.05, 4.69) is 44.2 Å². The van der Waals surface area contributed by atoms with Crippen LogP contribution in [0.3, 0.4) is 0 Å². The molecule has 2 unspecified atom stereocenters. The number of hydrogen-bond donors (Lipinski definition) is 0.